The second-order valence-electron chi connectivity index (χ2n) is 6.29. The van der Waals surface area contributed by atoms with E-state index < -0.39 is 0 Å². The van der Waals surface area contributed by atoms with Crippen LogP contribution in [-0.2, 0) is 4.79 Å². The van der Waals surface area contributed by atoms with Gasteiger partial charge in [0.25, 0.3) is 11.8 Å². The topological polar surface area (TPSA) is 70.7 Å². The number of nitrogens with one attached hydrogen (secondary N) is 2. The highest BCUT2D eigenvalue weighted by Gasteiger charge is 2.32. The number of halogens is 1. The number of fused-ring (bicyclic) bond motifs is 1. The minimum Gasteiger partial charge on any atom is -0.481 e. The number of rotatable bonds is 2. The van der Waals surface area contributed by atoms with Crippen LogP contribution in [0.25, 0.3) is 0 Å². The van der Waals surface area contributed by atoms with Crippen molar-refractivity contribution in [2.45, 2.75) is 6.04 Å². The average Bonchev–Trinajstić information content (AvgIpc) is 2.66. The number of hydrogen-bond acceptors (Lipinski definition) is 4. The lowest BCUT2D eigenvalue weighted by Crippen LogP contribution is -2.48. The minimum atomic E-state index is -0.221. The van der Waals surface area contributed by atoms with Gasteiger partial charge in [0.15, 0.2) is 12.4 Å². The summed E-state index contributed by atoms with van der Waals surface area (Å²) in [4.78, 5) is 26.7. The van der Waals surface area contributed by atoms with Crippen LogP contribution in [0.15, 0.2) is 42.5 Å². The molecule has 2 aliphatic heterocycles. The summed E-state index contributed by atoms with van der Waals surface area (Å²) in [5.74, 6) is 0.0889. The molecule has 0 bridgehead atoms. The molecule has 6 nitrogen and oxygen atoms in total. The molecule has 2 aliphatic rings. The summed E-state index contributed by atoms with van der Waals surface area (Å²) in [6.45, 7) is 1.86. The van der Waals surface area contributed by atoms with Gasteiger partial charge in [0.05, 0.1) is 17.3 Å². The Morgan fingerprint density at radius 2 is 2.08 bits per heavy atom. The molecule has 0 aliphatic carbocycles. The van der Waals surface area contributed by atoms with E-state index in [-0.39, 0.29) is 24.5 Å². The van der Waals surface area contributed by atoms with Gasteiger partial charge in [-0.15, -0.1) is 0 Å². The SMILES string of the molecule is O=C1COc2c(cccc2C(=O)N2CCNCC2c2cccc(Cl)c2)N1. The molecule has 7 heteroatoms. The Hall–Kier alpha value is -2.57. The molecule has 134 valence electrons. The van der Waals surface area contributed by atoms with Crippen LogP contribution in [-0.4, -0.2) is 43.0 Å². The van der Waals surface area contributed by atoms with Crippen molar-refractivity contribution >= 4 is 29.1 Å². The molecular formula is C19H18ClN3O3. The molecule has 4 rings (SSSR count). The normalized spacial score (nSPS) is 19.3. The van der Waals surface area contributed by atoms with Gasteiger partial charge in [-0.2, -0.15) is 0 Å². The molecule has 1 saturated heterocycles. The van der Waals surface area contributed by atoms with Gasteiger partial charge in [0.1, 0.15) is 0 Å². The van der Waals surface area contributed by atoms with Crippen LogP contribution in [0.4, 0.5) is 5.69 Å². The summed E-state index contributed by atoms with van der Waals surface area (Å²) in [5, 5.41) is 6.72. The Bertz CT molecular complexity index is 871. The molecule has 2 amide bonds. The molecule has 0 radical (unpaired) electrons. The van der Waals surface area contributed by atoms with Gasteiger partial charge in [-0.1, -0.05) is 29.8 Å². The molecule has 2 N–H and O–H groups in total. The van der Waals surface area contributed by atoms with Gasteiger partial charge in [-0.3, -0.25) is 9.59 Å². The third kappa shape index (κ3) is 3.13. The fourth-order valence-electron chi connectivity index (χ4n) is 3.40. The highest BCUT2D eigenvalue weighted by molar-refractivity contribution is 6.30. The first-order valence-electron chi connectivity index (χ1n) is 8.46. The van der Waals surface area contributed by atoms with Crippen molar-refractivity contribution in [2.24, 2.45) is 0 Å². The van der Waals surface area contributed by atoms with Crippen LogP contribution in [0.3, 0.4) is 0 Å². The molecule has 1 unspecified atom stereocenters. The Morgan fingerprint density at radius 3 is 2.92 bits per heavy atom. The van der Waals surface area contributed by atoms with Crippen molar-refractivity contribution in [3.63, 3.8) is 0 Å². The Kier molecular flexibility index (Phi) is 4.53. The highest BCUT2D eigenvalue weighted by atomic mass is 35.5. The quantitative estimate of drug-likeness (QED) is 0.850. The van der Waals surface area contributed by atoms with E-state index in [4.69, 9.17) is 16.3 Å². The highest BCUT2D eigenvalue weighted by Crippen LogP contribution is 2.34. The number of benzene rings is 2. The second kappa shape index (κ2) is 6.97. The van der Waals surface area contributed by atoms with Crippen molar-refractivity contribution in [1.82, 2.24) is 10.2 Å². The average molecular weight is 372 g/mol. The lowest BCUT2D eigenvalue weighted by atomic mass is 10.0. The minimum absolute atomic E-state index is 0.0867. The summed E-state index contributed by atoms with van der Waals surface area (Å²) >= 11 is 6.13. The summed E-state index contributed by atoms with van der Waals surface area (Å²) in [6.07, 6.45) is 0. The van der Waals surface area contributed by atoms with Crippen LogP contribution >= 0.6 is 11.6 Å². The zero-order valence-electron chi connectivity index (χ0n) is 14.0. The van der Waals surface area contributed by atoms with Gasteiger partial charge in [-0.25, -0.2) is 0 Å². The van der Waals surface area contributed by atoms with E-state index in [2.05, 4.69) is 10.6 Å². The van der Waals surface area contributed by atoms with Crippen molar-refractivity contribution < 1.29 is 14.3 Å². The zero-order valence-corrected chi connectivity index (χ0v) is 14.8. The number of ether oxygens (including phenoxy) is 1. The smallest absolute Gasteiger partial charge is 0.262 e. The lowest BCUT2D eigenvalue weighted by molar-refractivity contribution is -0.118. The van der Waals surface area contributed by atoms with Gasteiger partial charge >= 0.3 is 0 Å². The lowest BCUT2D eigenvalue weighted by Gasteiger charge is -2.37. The summed E-state index contributed by atoms with van der Waals surface area (Å²) < 4.78 is 5.54. The molecule has 2 aromatic rings. The second-order valence-corrected chi connectivity index (χ2v) is 6.73. The van der Waals surface area contributed by atoms with E-state index in [1.807, 2.05) is 29.2 Å². The summed E-state index contributed by atoms with van der Waals surface area (Å²) in [6, 6.07) is 12.7. The number of nitrogens with zero attached hydrogens (tertiary/aromatic N) is 1. The van der Waals surface area contributed by atoms with Gasteiger partial charge in [0.2, 0.25) is 0 Å². The van der Waals surface area contributed by atoms with Crippen LogP contribution in [0.1, 0.15) is 22.0 Å². The number of carbonyl (C=O) groups excluding carboxylic acids is 2. The fourth-order valence-corrected chi connectivity index (χ4v) is 3.60. The third-order valence-corrected chi connectivity index (χ3v) is 4.84. The van der Waals surface area contributed by atoms with Crippen LogP contribution in [0.2, 0.25) is 5.02 Å². The molecule has 0 spiro atoms. The van der Waals surface area contributed by atoms with Crippen LogP contribution < -0.4 is 15.4 Å². The van der Waals surface area contributed by atoms with Crippen molar-refractivity contribution in [3.8, 4) is 5.75 Å². The number of para-hydroxylation sites is 1. The summed E-state index contributed by atoms with van der Waals surface area (Å²) in [7, 11) is 0. The predicted molar refractivity (Wildman–Crippen MR) is 98.7 cm³/mol. The van der Waals surface area contributed by atoms with Crippen molar-refractivity contribution in [1.29, 1.82) is 0 Å². The monoisotopic (exact) mass is 371 g/mol. The van der Waals surface area contributed by atoms with E-state index in [0.717, 1.165) is 12.1 Å². The third-order valence-electron chi connectivity index (χ3n) is 4.60. The maximum Gasteiger partial charge on any atom is 0.262 e. The number of hydrogen-bond donors (Lipinski definition) is 2. The van der Waals surface area contributed by atoms with Gasteiger partial charge in [0, 0.05) is 24.7 Å². The molecule has 1 atom stereocenters. The van der Waals surface area contributed by atoms with Crippen LogP contribution in [0.5, 0.6) is 5.75 Å². The maximum atomic E-state index is 13.3. The standard InChI is InChI=1S/C19H18ClN3O3/c20-13-4-1-3-12(9-13)16-10-21-7-8-23(16)19(25)14-5-2-6-15-18(14)26-11-17(24)22-15/h1-6,9,16,21H,7-8,10-11H2,(H,22,24). The largest absolute Gasteiger partial charge is 0.481 e. The number of piperazine rings is 1. The van der Waals surface area contributed by atoms with E-state index in [1.165, 1.54) is 0 Å². The van der Waals surface area contributed by atoms with Crippen molar-refractivity contribution in [3.05, 3.63) is 58.6 Å². The molecular weight excluding hydrogens is 354 g/mol. The van der Waals surface area contributed by atoms with E-state index >= 15 is 0 Å². The first-order valence-corrected chi connectivity index (χ1v) is 8.84. The zero-order chi connectivity index (χ0) is 18.1. The molecule has 1 fully saturated rings. The molecule has 26 heavy (non-hydrogen) atoms. The van der Waals surface area contributed by atoms with Crippen LogP contribution in [0, 0.1) is 0 Å². The van der Waals surface area contributed by atoms with E-state index in [9.17, 15) is 9.59 Å². The number of carbonyl (C=O) groups is 2. The molecule has 0 saturated carbocycles. The molecule has 0 aromatic heterocycles. The molecule has 2 aromatic carbocycles. The fraction of sp³-hybridized carbons (Fsp3) is 0.263. The van der Waals surface area contributed by atoms with Gasteiger partial charge in [-0.05, 0) is 29.8 Å². The number of amides is 2. The van der Waals surface area contributed by atoms with Crippen molar-refractivity contribution in [2.75, 3.05) is 31.6 Å². The van der Waals surface area contributed by atoms with Gasteiger partial charge < -0.3 is 20.3 Å². The molecule has 2 heterocycles. The first-order chi connectivity index (χ1) is 12.6. The predicted octanol–water partition coefficient (Wildman–Crippen LogP) is 2.46. The Balaban J connectivity index is 1.68. The Morgan fingerprint density at radius 1 is 1.23 bits per heavy atom. The summed E-state index contributed by atoms with van der Waals surface area (Å²) in [5.41, 5.74) is 1.97. The first kappa shape index (κ1) is 16.9. The van der Waals surface area contributed by atoms with E-state index in [0.29, 0.717) is 35.1 Å². The Labute approximate surface area is 156 Å². The maximum absolute atomic E-state index is 13.3. The van der Waals surface area contributed by atoms with E-state index in [1.54, 1.807) is 18.2 Å². The number of anilines is 1.